The van der Waals surface area contributed by atoms with Gasteiger partial charge in [0.05, 0.1) is 11.3 Å². The van der Waals surface area contributed by atoms with Gasteiger partial charge in [-0.2, -0.15) is 5.26 Å². The van der Waals surface area contributed by atoms with Crippen molar-refractivity contribution in [3.05, 3.63) is 35.4 Å². The van der Waals surface area contributed by atoms with Crippen molar-refractivity contribution in [3.63, 3.8) is 0 Å². The van der Waals surface area contributed by atoms with Crippen LogP contribution in [0, 0.1) is 11.3 Å². The van der Waals surface area contributed by atoms with Crippen LogP contribution in [-0.2, 0) is 0 Å². The van der Waals surface area contributed by atoms with Gasteiger partial charge in [-0.25, -0.2) is 0 Å². The first-order chi connectivity index (χ1) is 6.29. The number of allylic oxidation sites excluding steroid dienone is 1. The van der Waals surface area contributed by atoms with E-state index in [1.807, 2.05) is 24.3 Å². The molecule has 0 aliphatic carbocycles. The lowest BCUT2D eigenvalue weighted by atomic mass is 10.1. The zero-order valence-electron chi connectivity index (χ0n) is 7.62. The molecule has 0 aliphatic rings. The third-order valence-corrected chi connectivity index (χ3v) is 1.79. The number of para-hydroxylation sites is 1. The Morgan fingerprint density at radius 3 is 2.92 bits per heavy atom. The highest BCUT2D eigenvalue weighted by Crippen LogP contribution is 2.17. The zero-order valence-corrected chi connectivity index (χ0v) is 7.62. The second-order valence-corrected chi connectivity index (χ2v) is 2.73. The van der Waals surface area contributed by atoms with E-state index in [0.29, 0.717) is 11.3 Å². The first-order valence-corrected chi connectivity index (χ1v) is 4.24. The van der Waals surface area contributed by atoms with Crippen LogP contribution in [-0.4, -0.2) is 0 Å². The monoisotopic (exact) mass is 172 g/mol. The normalized spacial score (nSPS) is 10.2. The molecule has 0 aliphatic heterocycles. The van der Waals surface area contributed by atoms with Crippen molar-refractivity contribution < 1.29 is 0 Å². The molecule has 1 rings (SSSR count). The van der Waals surface area contributed by atoms with Gasteiger partial charge in [-0.3, -0.25) is 0 Å². The summed E-state index contributed by atoms with van der Waals surface area (Å²) < 4.78 is 0. The van der Waals surface area contributed by atoms with E-state index in [0.717, 1.165) is 12.0 Å². The summed E-state index contributed by atoms with van der Waals surface area (Å²) in [4.78, 5) is 0. The summed E-state index contributed by atoms with van der Waals surface area (Å²) >= 11 is 0. The number of rotatable bonds is 2. The zero-order chi connectivity index (χ0) is 9.68. The second-order valence-electron chi connectivity index (χ2n) is 2.73. The minimum Gasteiger partial charge on any atom is -0.397 e. The summed E-state index contributed by atoms with van der Waals surface area (Å²) in [5.74, 6) is 0. The molecule has 66 valence electrons. The highest BCUT2D eigenvalue weighted by atomic mass is 14.6. The summed E-state index contributed by atoms with van der Waals surface area (Å²) in [5.41, 5.74) is 7.78. The largest absolute Gasteiger partial charge is 0.397 e. The van der Waals surface area contributed by atoms with Gasteiger partial charge in [0.2, 0.25) is 0 Å². The maximum absolute atomic E-state index is 8.71. The molecule has 0 amide bonds. The van der Waals surface area contributed by atoms with Crippen LogP contribution < -0.4 is 5.73 Å². The van der Waals surface area contributed by atoms with Gasteiger partial charge in [0, 0.05) is 0 Å². The molecule has 0 unspecified atom stereocenters. The molecule has 1 aromatic rings. The Balaban J connectivity index is 3.10. The van der Waals surface area contributed by atoms with Crippen LogP contribution in [0.4, 0.5) is 5.69 Å². The van der Waals surface area contributed by atoms with Gasteiger partial charge in [0.1, 0.15) is 6.07 Å². The SMILES string of the molecule is CC/C=C/c1cccc(C#N)c1N. The van der Waals surface area contributed by atoms with Gasteiger partial charge >= 0.3 is 0 Å². The van der Waals surface area contributed by atoms with E-state index in [1.54, 1.807) is 6.07 Å². The van der Waals surface area contributed by atoms with Crippen LogP contribution in [0.2, 0.25) is 0 Å². The Labute approximate surface area is 78.3 Å². The quantitative estimate of drug-likeness (QED) is 0.697. The number of nitrogens with two attached hydrogens (primary N) is 1. The van der Waals surface area contributed by atoms with Crippen LogP contribution in [0.25, 0.3) is 6.08 Å². The molecule has 0 saturated heterocycles. The fourth-order valence-corrected chi connectivity index (χ4v) is 1.07. The molecule has 0 spiro atoms. The minimum absolute atomic E-state index is 0.540. The lowest BCUT2D eigenvalue weighted by Gasteiger charge is -2.00. The molecule has 0 fully saturated rings. The Hall–Kier alpha value is -1.75. The fraction of sp³-hybridized carbons (Fsp3) is 0.182. The molecule has 2 N–H and O–H groups in total. The summed E-state index contributed by atoms with van der Waals surface area (Å²) in [6.45, 7) is 2.06. The number of hydrogen-bond donors (Lipinski definition) is 1. The highest BCUT2D eigenvalue weighted by molar-refractivity contribution is 5.70. The van der Waals surface area contributed by atoms with Gasteiger partial charge in [-0.15, -0.1) is 0 Å². The van der Waals surface area contributed by atoms with E-state index in [-0.39, 0.29) is 0 Å². The van der Waals surface area contributed by atoms with E-state index in [1.165, 1.54) is 0 Å². The topological polar surface area (TPSA) is 49.8 Å². The van der Waals surface area contributed by atoms with Gasteiger partial charge in [-0.1, -0.05) is 31.2 Å². The lowest BCUT2D eigenvalue weighted by molar-refractivity contribution is 1.23. The molecular weight excluding hydrogens is 160 g/mol. The average Bonchev–Trinajstić information content (AvgIpc) is 2.16. The van der Waals surface area contributed by atoms with E-state index >= 15 is 0 Å². The third kappa shape index (κ3) is 2.09. The maximum Gasteiger partial charge on any atom is 0.101 e. The standard InChI is InChI=1S/C11H12N2/c1-2-3-5-9-6-4-7-10(8-12)11(9)13/h3-7H,2,13H2,1H3/b5-3+. The lowest BCUT2D eigenvalue weighted by Crippen LogP contribution is -1.93. The van der Waals surface area contributed by atoms with Crippen molar-refractivity contribution >= 4 is 11.8 Å². The molecular formula is C11H12N2. The van der Waals surface area contributed by atoms with E-state index in [2.05, 4.69) is 13.0 Å². The van der Waals surface area contributed by atoms with Crippen LogP contribution >= 0.6 is 0 Å². The van der Waals surface area contributed by atoms with Crippen molar-refractivity contribution in [1.29, 1.82) is 5.26 Å². The maximum atomic E-state index is 8.71. The smallest absolute Gasteiger partial charge is 0.101 e. The van der Waals surface area contributed by atoms with Crippen LogP contribution in [0.1, 0.15) is 24.5 Å². The van der Waals surface area contributed by atoms with Crippen molar-refractivity contribution in [2.24, 2.45) is 0 Å². The first-order valence-electron chi connectivity index (χ1n) is 4.24. The number of anilines is 1. The number of nitrogens with zero attached hydrogens (tertiary/aromatic N) is 1. The predicted octanol–water partition coefficient (Wildman–Crippen LogP) is 2.56. The first kappa shape index (κ1) is 9.34. The molecule has 0 aromatic heterocycles. The van der Waals surface area contributed by atoms with Gasteiger partial charge in [0.15, 0.2) is 0 Å². The number of benzene rings is 1. The van der Waals surface area contributed by atoms with Crippen molar-refractivity contribution in [2.45, 2.75) is 13.3 Å². The summed E-state index contributed by atoms with van der Waals surface area (Å²) in [7, 11) is 0. The minimum atomic E-state index is 0.540. The van der Waals surface area contributed by atoms with Gasteiger partial charge < -0.3 is 5.73 Å². The Bertz CT molecular complexity index is 359. The van der Waals surface area contributed by atoms with Gasteiger partial charge in [0.25, 0.3) is 0 Å². The van der Waals surface area contributed by atoms with E-state index in [4.69, 9.17) is 11.0 Å². The molecule has 2 nitrogen and oxygen atoms in total. The Kier molecular flexibility index (Phi) is 3.10. The van der Waals surface area contributed by atoms with E-state index < -0.39 is 0 Å². The Morgan fingerprint density at radius 1 is 1.54 bits per heavy atom. The molecule has 0 heterocycles. The van der Waals surface area contributed by atoms with Crippen molar-refractivity contribution in [1.82, 2.24) is 0 Å². The fourth-order valence-electron chi connectivity index (χ4n) is 1.07. The van der Waals surface area contributed by atoms with Crippen LogP contribution in [0.15, 0.2) is 24.3 Å². The molecule has 0 bridgehead atoms. The van der Waals surface area contributed by atoms with Crippen molar-refractivity contribution in [2.75, 3.05) is 5.73 Å². The summed E-state index contributed by atoms with van der Waals surface area (Å²) in [6, 6.07) is 7.52. The third-order valence-electron chi connectivity index (χ3n) is 1.79. The van der Waals surface area contributed by atoms with Gasteiger partial charge in [-0.05, 0) is 18.1 Å². The molecule has 2 heteroatoms. The van der Waals surface area contributed by atoms with Crippen LogP contribution in [0.3, 0.4) is 0 Å². The molecule has 1 aromatic carbocycles. The number of nitriles is 1. The summed E-state index contributed by atoms with van der Waals surface area (Å²) in [5, 5.41) is 8.71. The molecule has 0 saturated carbocycles. The van der Waals surface area contributed by atoms with E-state index in [9.17, 15) is 0 Å². The average molecular weight is 172 g/mol. The highest BCUT2D eigenvalue weighted by Gasteiger charge is 1.99. The molecule has 0 atom stereocenters. The second kappa shape index (κ2) is 4.32. The van der Waals surface area contributed by atoms with Crippen molar-refractivity contribution in [3.8, 4) is 6.07 Å². The van der Waals surface area contributed by atoms with Crippen LogP contribution in [0.5, 0.6) is 0 Å². The number of nitrogen functional groups attached to an aromatic ring is 1. The number of hydrogen-bond acceptors (Lipinski definition) is 2. The molecule has 13 heavy (non-hydrogen) atoms. The predicted molar refractivity (Wildman–Crippen MR) is 54.9 cm³/mol. The molecule has 0 radical (unpaired) electrons. The Morgan fingerprint density at radius 2 is 2.31 bits per heavy atom. The summed E-state index contributed by atoms with van der Waals surface area (Å²) in [6.07, 6.45) is 4.93.